The molecule has 110 valence electrons. The summed E-state index contributed by atoms with van der Waals surface area (Å²) in [5, 5.41) is 0. The number of benzene rings is 1. The van der Waals surface area contributed by atoms with E-state index in [1.54, 1.807) is 4.90 Å². The summed E-state index contributed by atoms with van der Waals surface area (Å²) in [6.45, 7) is 0.681. The topological polar surface area (TPSA) is 46.3 Å². The van der Waals surface area contributed by atoms with Gasteiger partial charge < -0.3 is 10.6 Å². The third-order valence-corrected chi connectivity index (χ3v) is 3.58. The number of hydrogen-bond donors (Lipinski definition) is 1. The van der Waals surface area contributed by atoms with Gasteiger partial charge in [0.1, 0.15) is 0 Å². The lowest BCUT2D eigenvalue weighted by Gasteiger charge is -2.37. The van der Waals surface area contributed by atoms with E-state index in [-0.39, 0.29) is 17.5 Å². The minimum atomic E-state index is -4.44. The van der Waals surface area contributed by atoms with Crippen LogP contribution in [0.2, 0.25) is 0 Å². The third kappa shape index (κ3) is 3.12. The molecule has 1 amide bonds. The zero-order valence-corrected chi connectivity index (χ0v) is 11.0. The van der Waals surface area contributed by atoms with Gasteiger partial charge >= 0.3 is 6.18 Å². The number of hydrogen-bond acceptors (Lipinski definition) is 2. The first-order chi connectivity index (χ1) is 9.43. The fraction of sp³-hybridized carbons (Fsp3) is 0.500. The number of halogens is 3. The summed E-state index contributed by atoms with van der Waals surface area (Å²) >= 11 is 0. The summed E-state index contributed by atoms with van der Waals surface area (Å²) in [4.78, 5) is 13.9. The van der Waals surface area contributed by atoms with E-state index in [0.29, 0.717) is 13.1 Å². The van der Waals surface area contributed by atoms with E-state index >= 15 is 0 Å². The Bertz CT molecular complexity index is 484. The summed E-state index contributed by atoms with van der Waals surface area (Å²) in [6, 6.07) is 4.66. The molecule has 0 atom stereocenters. The van der Waals surface area contributed by atoms with Crippen LogP contribution in [0.5, 0.6) is 0 Å². The Kier molecular flexibility index (Phi) is 4.32. The van der Waals surface area contributed by atoms with E-state index in [9.17, 15) is 18.0 Å². The van der Waals surface area contributed by atoms with Crippen molar-refractivity contribution >= 4 is 5.91 Å². The average molecular weight is 286 g/mol. The minimum Gasteiger partial charge on any atom is -0.334 e. The SMILES string of the molecule is NCCN(C(=O)c1cccc(C(F)(F)F)c1)C1CCC1. The van der Waals surface area contributed by atoms with Gasteiger partial charge in [-0.05, 0) is 37.5 Å². The minimum absolute atomic E-state index is 0.0696. The van der Waals surface area contributed by atoms with Crippen LogP contribution < -0.4 is 5.73 Å². The van der Waals surface area contributed by atoms with Gasteiger partial charge in [0.05, 0.1) is 5.56 Å². The van der Waals surface area contributed by atoms with Gasteiger partial charge in [0.2, 0.25) is 0 Å². The van der Waals surface area contributed by atoms with Crippen LogP contribution in [0, 0.1) is 0 Å². The van der Waals surface area contributed by atoms with Crippen molar-refractivity contribution in [3.63, 3.8) is 0 Å². The molecule has 0 heterocycles. The standard InChI is InChI=1S/C14H17F3N2O/c15-14(16,17)11-4-1-3-10(9-11)13(20)19(8-7-18)12-5-2-6-12/h1,3-4,9,12H,2,5-8,18H2. The molecule has 0 saturated heterocycles. The molecule has 3 nitrogen and oxygen atoms in total. The molecule has 0 bridgehead atoms. The second kappa shape index (κ2) is 5.83. The third-order valence-electron chi connectivity index (χ3n) is 3.58. The highest BCUT2D eigenvalue weighted by atomic mass is 19.4. The molecule has 1 aromatic rings. The van der Waals surface area contributed by atoms with Crippen LogP contribution in [0.15, 0.2) is 24.3 Å². The molecule has 0 aliphatic heterocycles. The molecule has 0 unspecified atom stereocenters. The average Bonchev–Trinajstić information content (AvgIpc) is 2.34. The number of nitrogens with zero attached hydrogens (tertiary/aromatic N) is 1. The van der Waals surface area contributed by atoms with Crippen LogP contribution in [0.4, 0.5) is 13.2 Å². The molecular formula is C14H17F3N2O. The second-order valence-electron chi connectivity index (χ2n) is 4.95. The Hall–Kier alpha value is -1.56. The van der Waals surface area contributed by atoms with E-state index in [4.69, 9.17) is 5.73 Å². The normalized spacial score (nSPS) is 15.8. The maximum atomic E-state index is 12.7. The number of carbonyl (C=O) groups excluding carboxylic acids is 1. The largest absolute Gasteiger partial charge is 0.416 e. The highest BCUT2D eigenvalue weighted by molar-refractivity contribution is 5.94. The summed E-state index contributed by atoms with van der Waals surface area (Å²) in [6.07, 6.45) is -1.61. The van der Waals surface area contributed by atoms with Gasteiger partial charge in [0.25, 0.3) is 5.91 Å². The number of carbonyl (C=O) groups is 1. The number of amides is 1. The van der Waals surface area contributed by atoms with E-state index < -0.39 is 11.7 Å². The Morgan fingerprint density at radius 3 is 2.55 bits per heavy atom. The van der Waals surface area contributed by atoms with Crippen molar-refractivity contribution in [2.24, 2.45) is 5.73 Å². The van der Waals surface area contributed by atoms with E-state index in [1.807, 2.05) is 0 Å². The molecule has 1 aliphatic rings. The summed E-state index contributed by atoms with van der Waals surface area (Å²) in [7, 11) is 0. The van der Waals surface area contributed by atoms with Gasteiger partial charge in [-0.2, -0.15) is 13.2 Å². The molecule has 1 aromatic carbocycles. The van der Waals surface area contributed by atoms with Crippen molar-refractivity contribution in [2.75, 3.05) is 13.1 Å². The van der Waals surface area contributed by atoms with Crippen molar-refractivity contribution in [3.05, 3.63) is 35.4 Å². The van der Waals surface area contributed by atoms with Gasteiger partial charge in [-0.25, -0.2) is 0 Å². The molecule has 0 spiro atoms. The van der Waals surface area contributed by atoms with Crippen molar-refractivity contribution < 1.29 is 18.0 Å². The maximum absolute atomic E-state index is 12.7. The van der Waals surface area contributed by atoms with Crippen LogP contribution in [0.3, 0.4) is 0 Å². The zero-order chi connectivity index (χ0) is 14.8. The molecule has 20 heavy (non-hydrogen) atoms. The first-order valence-corrected chi connectivity index (χ1v) is 6.62. The monoisotopic (exact) mass is 286 g/mol. The van der Waals surface area contributed by atoms with Crippen molar-refractivity contribution in [1.29, 1.82) is 0 Å². The lowest BCUT2D eigenvalue weighted by atomic mass is 9.91. The van der Waals surface area contributed by atoms with Gasteiger partial charge in [-0.1, -0.05) is 6.07 Å². The summed E-state index contributed by atoms with van der Waals surface area (Å²) in [5.74, 6) is -0.369. The molecule has 2 rings (SSSR count). The number of nitrogens with two attached hydrogens (primary N) is 1. The van der Waals surface area contributed by atoms with Crippen LogP contribution in [-0.4, -0.2) is 29.9 Å². The predicted molar refractivity (Wildman–Crippen MR) is 69.2 cm³/mol. The van der Waals surface area contributed by atoms with E-state index in [0.717, 1.165) is 31.4 Å². The molecule has 1 aliphatic carbocycles. The Labute approximate surface area is 115 Å². The zero-order valence-electron chi connectivity index (χ0n) is 11.0. The number of rotatable bonds is 4. The van der Waals surface area contributed by atoms with E-state index in [1.165, 1.54) is 12.1 Å². The van der Waals surface area contributed by atoms with Crippen molar-refractivity contribution in [1.82, 2.24) is 4.90 Å². The first kappa shape index (κ1) is 14.8. The highest BCUT2D eigenvalue weighted by Crippen LogP contribution is 2.31. The second-order valence-corrected chi connectivity index (χ2v) is 4.95. The lowest BCUT2D eigenvalue weighted by Crippen LogP contribution is -2.46. The van der Waals surface area contributed by atoms with Gasteiger partial charge in [0.15, 0.2) is 0 Å². The molecule has 1 saturated carbocycles. The van der Waals surface area contributed by atoms with Gasteiger partial charge in [-0.15, -0.1) is 0 Å². The molecule has 6 heteroatoms. The fourth-order valence-electron chi connectivity index (χ4n) is 2.28. The molecule has 0 aromatic heterocycles. The molecule has 1 fully saturated rings. The van der Waals surface area contributed by atoms with Crippen molar-refractivity contribution in [3.8, 4) is 0 Å². The quantitative estimate of drug-likeness (QED) is 0.925. The van der Waals surface area contributed by atoms with Crippen molar-refractivity contribution in [2.45, 2.75) is 31.5 Å². The van der Waals surface area contributed by atoms with Gasteiger partial charge in [0, 0.05) is 24.7 Å². The summed E-state index contributed by atoms with van der Waals surface area (Å²) in [5.41, 5.74) is 4.76. The maximum Gasteiger partial charge on any atom is 0.416 e. The molecule has 0 radical (unpaired) electrons. The Morgan fingerprint density at radius 1 is 1.35 bits per heavy atom. The van der Waals surface area contributed by atoms with Gasteiger partial charge in [-0.3, -0.25) is 4.79 Å². The fourth-order valence-corrected chi connectivity index (χ4v) is 2.28. The van der Waals surface area contributed by atoms with Crippen LogP contribution in [0.25, 0.3) is 0 Å². The smallest absolute Gasteiger partial charge is 0.334 e. The molecule has 2 N–H and O–H groups in total. The van der Waals surface area contributed by atoms with Crippen LogP contribution >= 0.6 is 0 Å². The molecular weight excluding hydrogens is 269 g/mol. The Morgan fingerprint density at radius 2 is 2.05 bits per heavy atom. The number of alkyl halides is 3. The van der Waals surface area contributed by atoms with Crippen LogP contribution in [-0.2, 0) is 6.18 Å². The van der Waals surface area contributed by atoms with Crippen LogP contribution in [0.1, 0.15) is 35.2 Å². The van der Waals surface area contributed by atoms with E-state index in [2.05, 4.69) is 0 Å². The Balaban J connectivity index is 2.22. The summed E-state index contributed by atoms with van der Waals surface area (Å²) < 4.78 is 38.0. The highest BCUT2D eigenvalue weighted by Gasteiger charge is 2.33. The predicted octanol–water partition coefficient (Wildman–Crippen LogP) is 2.66. The first-order valence-electron chi connectivity index (χ1n) is 6.62. The lowest BCUT2D eigenvalue weighted by molar-refractivity contribution is -0.137.